The van der Waals surface area contributed by atoms with Gasteiger partial charge in [0.1, 0.15) is 11.5 Å². The summed E-state index contributed by atoms with van der Waals surface area (Å²) < 4.78 is 33.6. The van der Waals surface area contributed by atoms with Crippen molar-refractivity contribution in [1.29, 1.82) is 0 Å². The number of urea groups is 1. The highest BCUT2D eigenvalue weighted by atomic mass is 32.2. The maximum absolute atomic E-state index is 12.9. The molecule has 0 spiro atoms. The summed E-state index contributed by atoms with van der Waals surface area (Å²) in [5.41, 5.74) is 1.44. The number of carbonyl (C=O) groups is 1. The molecule has 7 nitrogen and oxygen atoms in total. The Balaban J connectivity index is 2.16. The monoisotopic (exact) mass is 420 g/mol. The largest absolute Gasteiger partial charge is 0.497 e. The molecule has 0 saturated heterocycles. The second kappa shape index (κ2) is 10.2. The Morgan fingerprint density at radius 3 is 2.38 bits per heavy atom. The molecular formula is C21H28N2O5S. The molecule has 1 atom stereocenters. The average Bonchev–Trinajstić information content (AvgIpc) is 2.72. The highest BCUT2D eigenvalue weighted by Gasteiger charge is 2.20. The van der Waals surface area contributed by atoms with Crippen molar-refractivity contribution >= 4 is 21.8 Å². The number of hydrogen-bond donors (Lipinski definition) is 1. The van der Waals surface area contributed by atoms with E-state index in [1.54, 1.807) is 54.5 Å². The molecular weight excluding hydrogens is 392 g/mol. The quantitative estimate of drug-likeness (QED) is 0.613. The highest BCUT2D eigenvalue weighted by molar-refractivity contribution is 7.87. The van der Waals surface area contributed by atoms with Crippen LogP contribution >= 0.6 is 0 Å². The van der Waals surface area contributed by atoms with Crippen LogP contribution in [0.3, 0.4) is 0 Å². The lowest BCUT2D eigenvalue weighted by molar-refractivity contribution is 0.187. The summed E-state index contributed by atoms with van der Waals surface area (Å²) in [5, 5.41) is 2.90. The third kappa shape index (κ3) is 6.67. The van der Waals surface area contributed by atoms with Crippen LogP contribution in [0.15, 0.2) is 48.5 Å². The van der Waals surface area contributed by atoms with Crippen LogP contribution in [0, 0.1) is 0 Å². The van der Waals surface area contributed by atoms with E-state index >= 15 is 0 Å². The third-order valence-electron chi connectivity index (χ3n) is 4.55. The van der Waals surface area contributed by atoms with Gasteiger partial charge in [0.25, 0.3) is 0 Å². The van der Waals surface area contributed by atoms with Gasteiger partial charge in [-0.3, -0.25) is 0 Å². The lowest BCUT2D eigenvalue weighted by Crippen LogP contribution is -2.40. The molecule has 8 heteroatoms. The molecule has 2 aromatic rings. The van der Waals surface area contributed by atoms with Crippen molar-refractivity contribution < 1.29 is 22.1 Å². The number of rotatable bonds is 9. The Bertz CT molecular complexity index is 913. The summed E-state index contributed by atoms with van der Waals surface area (Å²) in [6.07, 6.45) is 0.774. The summed E-state index contributed by atoms with van der Waals surface area (Å²) >= 11 is 0. The van der Waals surface area contributed by atoms with Gasteiger partial charge in [-0.15, -0.1) is 0 Å². The Hall–Kier alpha value is -2.74. The Morgan fingerprint density at radius 2 is 1.79 bits per heavy atom. The highest BCUT2D eigenvalue weighted by Crippen LogP contribution is 2.20. The van der Waals surface area contributed by atoms with Gasteiger partial charge in [-0.25, -0.2) is 4.79 Å². The van der Waals surface area contributed by atoms with Crippen molar-refractivity contribution in [2.45, 2.75) is 39.8 Å². The van der Waals surface area contributed by atoms with Gasteiger partial charge in [0.2, 0.25) is 0 Å². The SMILES string of the molecule is CC[C@H](C)N(Cc1cccc(OS(=O)(=O)CC)c1)C(=O)Nc1ccc(OC)cc1. The number of nitrogens with zero attached hydrogens (tertiary/aromatic N) is 1. The molecule has 0 aliphatic rings. The van der Waals surface area contributed by atoms with E-state index in [1.807, 2.05) is 19.9 Å². The lowest BCUT2D eigenvalue weighted by atomic mass is 10.1. The minimum atomic E-state index is -3.60. The van der Waals surface area contributed by atoms with Gasteiger partial charge >= 0.3 is 16.1 Å². The van der Waals surface area contributed by atoms with E-state index < -0.39 is 10.1 Å². The fourth-order valence-electron chi connectivity index (χ4n) is 2.62. The van der Waals surface area contributed by atoms with E-state index in [2.05, 4.69) is 5.32 Å². The van der Waals surface area contributed by atoms with Gasteiger partial charge in [0.05, 0.1) is 12.9 Å². The molecule has 2 amide bonds. The number of benzene rings is 2. The maximum Gasteiger partial charge on any atom is 0.322 e. The molecule has 2 aromatic carbocycles. The third-order valence-corrected chi connectivity index (χ3v) is 5.71. The van der Waals surface area contributed by atoms with Crippen LogP contribution in [0.1, 0.15) is 32.8 Å². The fourth-order valence-corrected chi connectivity index (χ4v) is 3.13. The molecule has 0 aromatic heterocycles. The topological polar surface area (TPSA) is 84.9 Å². The van der Waals surface area contributed by atoms with Crippen LogP contribution in [0.4, 0.5) is 10.5 Å². The zero-order valence-electron chi connectivity index (χ0n) is 17.2. The van der Waals surface area contributed by atoms with E-state index in [-0.39, 0.29) is 23.6 Å². The Morgan fingerprint density at radius 1 is 1.10 bits per heavy atom. The van der Waals surface area contributed by atoms with Gasteiger partial charge in [-0.1, -0.05) is 19.1 Å². The molecule has 1 N–H and O–H groups in total. The van der Waals surface area contributed by atoms with Crippen molar-refractivity contribution in [3.63, 3.8) is 0 Å². The summed E-state index contributed by atoms with van der Waals surface area (Å²) in [5.74, 6) is 0.838. The first-order valence-corrected chi connectivity index (χ1v) is 11.1. The van der Waals surface area contributed by atoms with E-state index in [1.165, 1.54) is 6.92 Å². The number of carbonyl (C=O) groups excluding carboxylic acids is 1. The first-order chi connectivity index (χ1) is 13.8. The van der Waals surface area contributed by atoms with Gasteiger partial charge in [-0.05, 0) is 62.2 Å². The van der Waals surface area contributed by atoms with Crippen molar-refractivity contribution in [3.05, 3.63) is 54.1 Å². The number of methoxy groups -OCH3 is 1. The first-order valence-electron chi connectivity index (χ1n) is 9.50. The molecule has 0 aliphatic carbocycles. The molecule has 0 unspecified atom stereocenters. The van der Waals surface area contributed by atoms with E-state index in [0.29, 0.717) is 18.0 Å². The fraction of sp³-hybridized carbons (Fsp3) is 0.381. The molecule has 0 fully saturated rings. The van der Waals surface area contributed by atoms with Crippen LogP contribution in [0.25, 0.3) is 0 Å². The Kier molecular flexibility index (Phi) is 7.90. The lowest BCUT2D eigenvalue weighted by Gasteiger charge is -2.29. The van der Waals surface area contributed by atoms with E-state index in [4.69, 9.17) is 8.92 Å². The normalized spacial score (nSPS) is 12.1. The zero-order chi connectivity index (χ0) is 21.4. The number of hydrogen-bond acceptors (Lipinski definition) is 5. The summed E-state index contributed by atoms with van der Waals surface area (Å²) in [7, 11) is -2.02. The average molecular weight is 421 g/mol. The molecule has 0 aliphatic heterocycles. The predicted molar refractivity (Wildman–Crippen MR) is 114 cm³/mol. The van der Waals surface area contributed by atoms with Gasteiger partial charge < -0.3 is 19.1 Å². The van der Waals surface area contributed by atoms with Gasteiger partial charge in [0.15, 0.2) is 0 Å². The minimum Gasteiger partial charge on any atom is -0.497 e. The van der Waals surface area contributed by atoms with Gasteiger partial charge in [0, 0.05) is 18.3 Å². The number of ether oxygens (including phenoxy) is 1. The smallest absolute Gasteiger partial charge is 0.322 e. The standard InChI is InChI=1S/C21H28N2O5S/c1-5-16(3)23(21(24)22-18-10-12-19(27-4)13-11-18)15-17-8-7-9-20(14-17)28-29(25,26)6-2/h7-14,16H,5-6,15H2,1-4H3,(H,22,24)/t16-/m0/s1. The number of amides is 2. The summed E-state index contributed by atoms with van der Waals surface area (Å²) in [6.45, 7) is 5.81. The maximum atomic E-state index is 12.9. The van der Waals surface area contributed by atoms with Crippen molar-refractivity contribution in [2.75, 3.05) is 18.2 Å². The van der Waals surface area contributed by atoms with Crippen LogP contribution < -0.4 is 14.2 Å². The minimum absolute atomic E-state index is 0.0165. The van der Waals surface area contributed by atoms with Crippen molar-refractivity contribution in [2.24, 2.45) is 0 Å². The second-order valence-electron chi connectivity index (χ2n) is 6.62. The van der Waals surface area contributed by atoms with Crippen LogP contribution in [0.2, 0.25) is 0 Å². The van der Waals surface area contributed by atoms with Gasteiger partial charge in [-0.2, -0.15) is 8.42 Å². The molecule has 0 saturated carbocycles. The van der Waals surface area contributed by atoms with Crippen LogP contribution in [-0.2, 0) is 16.7 Å². The Labute approximate surface area is 172 Å². The predicted octanol–water partition coefficient (Wildman–Crippen LogP) is 4.26. The second-order valence-corrected chi connectivity index (χ2v) is 8.48. The van der Waals surface area contributed by atoms with Crippen molar-refractivity contribution in [3.8, 4) is 11.5 Å². The number of anilines is 1. The molecule has 0 radical (unpaired) electrons. The van der Waals surface area contributed by atoms with E-state index in [9.17, 15) is 13.2 Å². The molecule has 2 rings (SSSR count). The molecule has 29 heavy (non-hydrogen) atoms. The van der Waals surface area contributed by atoms with Crippen LogP contribution in [0.5, 0.6) is 11.5 Å². The zero-order valence-corrected chi connectivity index (χ0v) is 18.0. The van der Waals surface area contributed by atoms with Crippen molar-refractivity contribution in [1.82, 2.24) is 4.90 Å². The summed E-state index contributed by atoms with van der Waals surface area (Å²) in [4.78, 5) is 14.6. The number of nitrogens with one attached hydrogen (secondary N) is 1. The van der Waals surface area contributed by atoms with Crippen LogP contribution in [-0.4, -0.2) is 38.3 Å². The molecule has 158 valence electrons. The first kappa shape index (κ1) is 22.5. The van der Waals surface area contributed by atoms with E-state index in [0.717, 1.165) is 12.0 Å². The summed E-state index contributed by atoms with van der Waals surface area (Å²) in [6, 6.07) is 13.6. The molecule has 0 bridgehead atoms. The molecule has 0 heterocycles.